The van der Waals surface area contributed by atoms with Crippen molar-refractivity contribution in [1.29, 1.82) is 0 Å². The Morgan fingerprint density at radius 1 is 1.19 bits per heavy atom. The van der Waals surface area contributed by atoms with Gasteiger partial charge in [-0.2, -0.15) is 0 Å². The minimum atomic E-state index is -2.93. The van der Waals surface area contributed by atoms with Gasteiger partial charge in [-0.15, -0.1) is 0 Å². The van der Waals surface area contributed by atoms with Gasteiger partial charge in [0.25, 0.3) is 17.9 Å². The van der Waals surface area contributed by atoms with E-state index in [9.17, 15) is 22.8 Å². The Hall–Kier alpha value is -2.57. The Bertz CT molecular complexity index is 953. The maximum absolute atomic E-state index is 14.3. The molecule has 1 unspecified atom stereocenters. The van der Waals surface area contributed by atoms with E-state index in [0.717, 1.165) is 25.3 Å². The second-order valence-electron chi connectivity index (χ2n) is 7.58. The summed E-state index contributed by atoms with van der Waals surface area (Å²) >= 11 is 0. The lowest BCUT2D eigenvalue weighted by Crippen LogP contribution is -2.62. The highest BCUT2D eigenvalue weighted by molar-refractivity contribution is 5.94. The Morgan fingerprint density at radius 2 is 1.85 bits per heavy atom. The van der Waals surface area contributed by atoms with Crippen LogP contribution in [-0.2, 0) is 5.54 Å². The molecular formula is C20H19F3N2O2. The first-order chi connectivity index (χ1) is 12.8. The highest BCUT2D eigenvalue weighted by Crippen LogP contribution is 2.61. The van der Waals surface area contributed by atoms with Crippen LogP contribution in [0.3, 0.4) is 0 Å². The fraction of sp³-hybridized carbons (Fsp3) is 0.400. The van der Waals surface area contributed by atoms with E-state index < -0.39 is 29.8 Å². The summed E-state index contributed by atoms with van der Waals surface area (Å²) in [5.74, 6) is -0.816. The van der Waals surface area contributed by atoms with Crippen molar-refractivity contribution < 1.29 is 18.0 Å². The normalized spacial score (nSPS) is 24.1. The summed E-state index contributed by atoms with van der Waals surface area (Å²) in [4.78, 5) is 24.7. The zero-order valence-electron chi connectivity index (χ0n) is 14.7. The van der Waals surface area contributed by atoms with E-state index in [1.165, 1.54) is 31.2 Å². The highest BCUT2D eigenvalue weighted by Gasteiger charge is 2.58. The van der Waals surface area contributed by atoms with Crippen molar-refractivity contribution in [2.45, 2.75) is 44.2 Å². The van der Waals surface area contributed by atoms with Crippen LogP contribution >= 0.6 is 0 Å². The molecule has 1 heterocycles. The van der Waals surface area contributed by atoms with Crippen molar-refractivity contribution in [3.63, 3.8) is 0 Å². The van der Waals surface area contributed by atoms with E-state index in [2.05, 4.69) is 5.32 Å². The Labute approximate surface area is 154 Å². The number of carbonyl (C=O) groups is 1. The zero-order chi connectivity index (χ0) is 19.3. The van der Waals surface area contributed by atoms with Crippen molar-refractivity contribution in [1.82, 2.24) is 9.88 Å². The molecule has 142 valence electrons. The van der Waals surface area contributed by atoms with Crippen molar-refractivity contribution in [2.24, 2.45) is 5.92 Å². The monoisotopic (exact) mass is 376 g/mol. The molecule has 1 aromatic carbocycles. The maximum Gasteiger partial charge on any atom is 0.266 e. The molecule has 3 saturated carbocycles. The summed E-state index contributed by atoms with van der Waals surface area (Å²) in [7, 11) is 0. The van der Waals surface area contributed by atoms with Crippen molar-refractivity contribution in [2.75, 3.05) is 0 Å². The molecule has 27 heavy (non-hydrogen) atoms. The summed E-state index contributed by atoms with van der Waals surface area (Å²) in [6, 6.07) is 5.72. The van der Waals surface area contributed by atoms with Gasteiger partial charge in [-0.05, 0) is 38.2 Å². The molecule has 0 aliphatic heterocycles. The third-order valence-electron chi connectivity index (χ3n) is 5.80. The fourth-order valence-electron chi connectivity index (χ4n) is 4.15. The minimum absolute atomic E-state index is 0.00565. The highest BCUT2D eigenvalue weighted by atomic mass is 19.3. The molecule has 0 radical (unpaired) electrons. The lowest BCUT2D eigenvalue weighted by Gasteiger charge is -2.62. The Morgan fingerprint density at radius 3 is 2.44 bits per heavy atom. The summed E-state index contributed by atoms with van der Waals surface area (Å²) in [6.07, 6.45) is 1.50. The van der Waals surface area contributed by atoms with E-state index in [1.807, 2.05) is 0 Å². The van der Waals surface area contributed by atoms with Crippen LogP contribution in [-0.4, -0.2) is 10.5 Å². The molecule has 3 aliphatic carbocycles. The second-order valence-corrected chi connectivity index (χ2v) is 7.58. The molecule has 3 aliphatic rings. The SMILES string of the molecule is CC(NC(=O)c1ccc(=O)n(C23CC(C2)C3)c1)c1cccc(C(F)F)c1F. The predicted octanol–water partition coefficient (Wildman–Crippen LogP) is 3.93. The quantitative estimate of drug-likeness (QED) is 0.860. The van der Waals surface area contributed by atoms with Crippen LogP contribution in [0.25, 0.3) is 0 Å². The third-order valence-corrected chi connectivity index (χ3v) is 5.80. The number of rotatable bonds is 5. The van der Waals surface area contributed by atoms with E-state index in [1.54, 1.807) is 10.8 Å². The number of carbonyl (C=O) groups excluding carboxylic acids is 1. The van der Waals surface area contributed by atoms with Crippen LogP contribution in [0.1, 0.15) is 60.1 Å². The van der Waals surface area contributed by atoms with Gasteiger partial charge in [-0.25, -0.2) is 13.2 Å². The molecule has 4 nitrogen and oxygen atoms in total. The molecule has 1 aromatic heterocycles. The van der Waals surface area contributed by atoms with E-state index in [4.69, 9.17) is 0 Å². The first-order valence-corrected chi connectivity index (χ1v) is 8.91. The second kappa shape index (κ2) is 6.25. The molecule has 1 atom stereocenters. The van der Waals surface area contributed by atoms with Gasteiger partial charge in [0.05, 0.1) is 17.2 Å². The topological polar surface area (TPSA) is 51.1 Å². The van der Waals surface area contributed by atoms with Crippen LogP contribution in [0.15, 0.2) is 41.3 Å². The van der Waals surface area contributed by atoms with Crippen LogP contribution < -0.4 is 10.9 Å². The smallest absolute Gasteiger partial charge is 0.266 e. The molecule has 5 rings (SSSR count). The number of pyridine rings is 1. The summed E-state index contributed by atoms with van der Waals surface area (Å²) in [5.41, 5.74) is -0.703. The van der Waals surface area contributed by atoms with E-state index >= 15 is 0 Å². The first kappa shape index (κ1) is 17.8. The average Bonchev–Trinajstić information content (AvgIpc) is 2.53. The zero-order valence-corrected chi connectivity index (χ0v) is 14.7. The molecule has 1 amide bonds. The van der Waals surface area contributed by atoms with Gasteiger partial charge in [0.15, 0.2) is 0 Å². The first-order valence-electron chi connectivity index (χ1n) is 8.91. The molecule has 0 saturated heterocycles. The van der Waals surface area contributed by atoms with Gasteiger partial charge >= 0.3 is 0 Å². The van der Waals surface area contributed by atoms with Gasteiger partial charge in [-0.1, -0.05) is 18.2 Å². The summed E-state index contributed by atoms with van der Waals surface area (Å²) in [6.45, 7) is 1.53. The van der Waals surface area contributed by atoms with Crippen LogP contribution in [0.2, 0.25) is 0 Å². The number of hydrogen-bond acceptors (Lipinski definition) is 2. The number of benzene rings is 1. The molecule has 7 heteroatoms. The molecule has 2 aromatic rings. The number of hydrogen-bond donors (Lipinski definition) is 1. The van der Waals surface area contributed by atoms with Crippen molar-refractivity contribution in [3.8, 4) is 0 Å². The molecule has 0 spiro atoms. The van der Waals surface area contributed by atoms with Crippen LogP contribution in [0, 0.1) is 11.7 Å². The summed E-state index contributed by atoms with van der Waals surface area (Å²) in [5, 5.41) is 2.63. The molecular weight excluding hydrogens is 357 g/mol. The average molecular weight is 376 g/mol. The lowest BCUT2D eigenvalue weighted by atomic mass is 9.49. The number of nitrogens with zero attached hydrogens (tertiary/aromatic N) is 1. The molecule has 3 fully saturated rings. The van der Waals surface area contributed by atoms with Crippen molar-refractivity contribution >= 4 is 5.91 Å². The van der Waals surface area contributed by atoms with Gasteiger partial charge in [-0.3, -0.25) is 9.59 Å². The standard InChI is InChI=1S/C20H19F3N2O2/c1-11(14-3-2-4-15(17(14)21)18(22)23)24-19(27)13-5-6-16(26)25(10-13)20-7-12(8-20)9-20/h2-6,10-12,18H,7-9H2,1H3,(H,24,27). The van der Waals surface area contributed by atoms with Crippen LogP contribution in [0.5, 0.6) is 0 Å². The number of aromatic nitrogens is 1. The van der Waals surface area contributed by atoms with Gasteiger partial charge in [0.1, 0.15) is 5.82 Å². The predicted molar refractivity (Wildman–Crippen MR) is 93.3 cm³/mol. The van der Waals surface area contributed by atoms with Crippen molar-refractivity contribution in [3.05, 3.63) is 69.4 Å². The van der Waals surface area contributed by atoms with E-state index in [0.29, 0.717) is 5.92 Å². The van der Waals surface area contributed by atoms with E-state index in [-0.39, 0.29) is 22.2 Å². The molecule has 1 N–H and O–H groups in total. The molecule has 2 bridgehead atoms. The summed E-state index contributed by atoms with van der Waals surface area (Å²) < 4.78 is 41.7. The minimum Gasteiger partial charge on any atom is -0.345 e. The third kappa shape index (κ3) is 2.85. The van der Waals surface area contributed by atoms with Gasteiger partial charge in [0, 0.05) is 23.4 Å². The number of nitrogens with one attached hydrogen (secondary N) is 1. The van der Waals surface area contributed by atoms with Gasteiger partial charge < -0.3 is 9.88 Å². The maximum atomic E-state index is 14.3. The Balaban J connectivity index is 1.55. The Kier molecular flexibility index (Phi) is 4.13. The lowest BCUT2D eigenvalue weighted by molar-refractivity contribution is -0.0914. The van der Waals surface area contributed by atoms with Gasteiger partial charge in [0.2, 0.25) is 0 Å². The number of halogens is 3. The van der Waals surface area contributed by atoms with Crippen LogP contribution in [0.4, 0.5) is 13.2 Å². The number of amides is 1. The largest absolute Gasteiger partial charge is 0.345 e. The fourth-order valence-corrected chi connectivity index (χ4v) is 4.15. The number of alkyl halides is 2.